The van der Waals surface area contributed by atoms with Gasteiger partial charge in [0.2, 0.25) is 5.91 Å². The van der Waals surface area contributed by atoms with Crippen LogP contribution in [0.5, 0.6) is 0 Å². The summed E-state index contributed by atoms with van der Waals surface area (Å²) in [6.45, 7) is 0.976. The van der Waals surface area contributed by atoms with Crippen LogP contribution in [-0.2, 0) is 22.6 Å². The Hall–Kier alpha value is -3.08. The molecule has 0 saturated heterocycles. The first kappa shape index (κ1) is 22.6. The number of fused-ring (bicyclic) bond motifs is 1. The molecule has 0 radical (unpaired) electrons. The molecule has 164 valence electrons. The maximum atomic E-state index is 13.1. The fourth-order valence-electron chi connectivity index (χ4n) is 3.47. The molecule has 1 unspecified atom stereocenters. The lowest BCUT2D eigenvalue weighted by molar-refractivity contribution is -0.124. The number of amides is 3. The third-order valence-electron chi connectivity index (χ3n) is 4.96. The number of rotatable bonds is 11. The summed E-state index contributed by atoms with van der Waals surface area (Å²) < 4.78 is 1.70. The SMILES string of the molecule is CNC(=O)C(CCC=O)N1C(=O)c2cccc(NCCn3cc(CCBr)nn3)c2C1=O. The van der Waals surface area contributed by atoms with Crippen LogP contribution in [0.1, 0.15) is 39.3 Å². The molecule has 2 N–H and O–H groups in total. The van der Waals surface area contributed by atoms with Crippen LogP contribution in [-0.4, -0.2) is 68.9 Å². The minimum Gasteiger partial charge on any atom is -0.383 e. The molecule has 0 spiro atoms. The van der Waals surface area contributed by atoms with Crippen molar-refractivity contribution in [1.82, 2.24) is 25.2 Å². The Labute approximate surface area is 187 Å². The van der Waals surface area contributed by atoms with Crippen LogP contribution in [0.25, 0.3) is 0 Å². The molecule has 31 heavy (non-hydrogen) atoms. The van der Waals surface area contributed by atoms with Crippen molar-refractivity contribution in [3.05, 3.63) is 41.2 Å². The van der Waals surface area contributed by atoms with Gasteiger partial charge in [-0.25, -0.2) is 0 Å². The number of aromatic nitrogens is 3. The van der Waals surface area contributed by atoms with Crippen LogP contribution in [0.2, 0.25) is 0 Å². The lowest BCUT2D eigenvalue weighted by Gasteiger charge is -2.24. The molecule has 0 aliphatic carbocycles. The molecule has 1 aromatic heterocycles. The molecule has 0 fully saturated rings. The number of hydrogen-bond donors (Lipinski definition) is 2. The quantitative estimate of drug-likeness (QED) is 0.273. The summed E-state index contributed by atoms with van der Waals surface area (Å²) >= 11 is 3.36. The Morgan fingerprint density at radius 3 is 2.81 bits per heavy atom. The van der Waals surface area contributed by atoms with Crippen molar-refractivity contribution in [2.24, 2.45) is 0 Å². The Kier molecular flexibility index (Phi) is 7.50. The van der Waals surface area contributed by atoms with Gasteiger partial charge in [-0.15, -0.1) is 5.10 Å². The molecule has 11 heteroatoms. The molecule has 1 aliphatic rings. The largest absolute Gasteiger partial charge is 0.383 e. The molecular weight excluding hydrogens is 468 g/mol. The molecule has 0 saturated carbocycles. The van der Waals surface area contributed by atoms with Crippen LogP contribution < -0.4 is 10.6 Å². The topological polar surface area (TPSA) is 126 Å². The number of hydrogen-bond acceptors (Lipinski definition) is 7. The van der Waals surface area contributed by atoms with Gasteiger partial charge in [0.1, 0.15) is 12.3 Å². The van der Waals surface area contributed by atoms with Gasteiger partial charge in [0.25, 0.3) is 11.8 Å². The van der Waals surface area contributed by atoms with Gasteiger partial charge < -0.3 is 15.4 Å². The van der Waals surface area contributed by atoms with Crippen molar-refractivity contribution in [1.29, 1.82) is 0 Å². The van der Waals surface area contributed by atoms with Crippen LogP contribution >= 0.6 is 15.9 Å². The van der Waals surface area contributed by atoms with Gasteiger partial charge in [-0.1, -0.05) is 27.2 Å². The second-order valence-electron chi connectivity index (χ2n) is 6.92. The minimum atomic E-state index is -1.04. The van der Waals surface area contributed by atoms with Gasteiger partial charge in [0.05, 0.1) is 23.4 Å². The lowest BCUT2D eigenvalue weighted by Crippen LogP contribution is -2.48. The van der Waals surface area contributed by atoms with E-state index in [2.05, 4.69) is 36.9 Å². The van der Waals surface area contributed by atoms with E-state index < -0.39 is 23.8 Å². The van der Waals surface area contributed by atoms with Crippen molar-refractivity contribution < 1.29 is 19.2 Å². The molecule has 3 rings (SSSR count). The number of imide groups is 1. The van der Waals surface area contributed by atoms with Gasteiger partial charge >= 0.3 is 0 Å². The van der Waals surface area contributed by atoms with E-state index in [9.17, 15) is 19.2 Å². The summed E-state index contributed by atoms with van der Waals surface area (Å²) in [4.78, 5) is 50.1. The molecule has 2 aromatic rings. The monoisotopic (exact) mass is 490 g/mol. The number of anilines is 1. The first-order valence-corrected chi connectivity index (χ1v) is 11.0. The Balaban J connectivity index is 1.76. The molecule has 1 aliphatic heterocycles. The van der Waals surface area contributed by atoms with Crippen LogP contribution in [0.3, 0.4) is 0 Å². The normalized spacial score (nSPS) is 13.8. The van der Waals surface area contributed by atoms with Gasteiger partial charge in [-0.3, -0.25) is 24.0 Å². The van der Waals surface area contributed by atoms with E-state index in [1.807, 2.05) is 6.20 Å². The highest BCUT2D eigenvalue weighted by Gasteiger charge is 2.43. The number of nitrogens with one attached hydrogen (secondary N) is 2. The lowest BCUT2D eigenvalue weighted by atomic mass is 10.1. The molecule has 10 nitrogen and oxygen atoms in total. The third kappa shape index (κ3) is 4.82. The van der Waals surface area contributed by atoms with Crippen molar-refractivity contribution in [3.8, 4) is 0 Å². The van der Waals surface area contributed by atoms with Crippen molar-refractivity contribution in [2.75, 3.05) is 24.2 Å². The number of likely N-dealkylation sites (N-methyl/N-ethyl adjacent to an activating group) is 1. The number of carbonyl (C=O) groups is 4. The average Bonchev–Trinajstić information content (AvgIpc) is 3.32. The zero-order valence-electron chi connectivity index (χ0n) is 17.0. The van der Waals surface area contributed by atoms with Crippen molar-refractivity contribution in [2.45, 2.75) is 31.8 Å². The fraction of sp³-hybridized carbons (Fsp3) is 0.400. The smallest absolute Gasteiger partial charge is 0.264 e. The maximum absolute atomic E-state index is 13.1. The summed E-state index contributed by atoms with van der Waals surface area (Å²) in [5.74, 6) is -1.59. The second kappa shape index (κ2) is 10.3. The summed E-state index contributed by atoms with van der Waals surface area (Å²) in [6.07, 6.45) is 3.43. The highest BCUT2D eigenvalue weighted by Crippen LogP contribution is 2.31. The first-order valence-electron chi connectivity index (χ1n) is 9.86. The van der Waals surface area contributed by atoms with Crippen molar-refractivity contribution >= 4 is 45.6 Å². The van der Waals surface area contributed by atoms with E-state index in [1.54, 1.807) is 22.9 Å². The standard InChI is InChI=1S/C20H23BrN6O4/c1-22-18(29)16(6-3-11-28)27-19(30)14-4-2-5-15(17(14)20(27)31)23-9-10-26-12-13(7-8-21)24-25-26/h2,4-5,11-12,16,23H,3,6-10H2,1H3,(H,22,29). The fourth-order valence-corrected chi connectivity index (χ4v) is 3.87. The number of alkyl halides is 1. The summed E-state index contributed by atoms with van der Waals surface area (Å²) in [5, 5.41) is 14.6. The summed E-state index contributed by atoms with van der Waals surface area (Å²) in [5.41, 5.74) is 1.84. The summed E-state index contributed by atoms with van der Waals surface area (Å²) in [7, 11) is 1.43. The van der Waals surface area contributed by atoms with Crippen LogP contribution in [0.4, 0.5) is 5.69 Å². The van der Waals surface area contributed by atoms with E-state index in [1.165, 1.54) is 7.05 Å². The van der Waals surface area contributed by atoms with E-state index in [4.69, 9.17) is 0 Å². The molecule has 3 amide bonds. The molecular formula is C20H23BrN6O4. The molecule has 1 aromatic carbocycles. The van der Waals surface area contributed by atoms with E-state index >= 15 is 0 Å². The maximum Gasteiger partial charge on any atom is 0.264 e. The van der Waals surface area contributed by atoms with Crippen molar-refractivity contribution in [3.63, 3.8) is 0 Å². The van der Waals surface area contributed by atoms with Gasteiger partial charge in [0.15, 0.2) is 0 Å². The zero-order chi connectivity index (χ0) is 22.4. The van der Waals surface area contributed by atoms with Gasteiger partial charge in [-0.2, -0.15) is 0 Å². The predicted molar refractivity (Wildman–Crippen MR) is 116 cm³/mol. The highest BCUT2D eigenvalue weighted by atomic mass is 79.9. The number of carbonyl (C=O) groups excluding carboxylic acids is 4. The second-order valence-corrected chi connectivity index (χ2v) is 7.71. The third-order valence-corrected chi connectivity index (χ3v) is 5.35. The summed E-state index contributed by atoms with van der Waals surface area (Å²) in [6, 6.07) is 3.91. The number of benzene rings is 1. The Morgan fingerprint density at radius 1 is 1.29 bits per heavy atom. The average molecular weight is 491 g/mol. The zero-order valence-corrected chi connectivity index (χ0v) is 18.6. The van der Waals surface area contributed by atoms with Gasteiger partial charge in [0, 0.05) is 43.6 Å². The Bertz CT molecular complexity index is 992. The Morgan fingerprint density at radius 2 is 2.10 bits per heavy atom. The molecule has 0 bridgehead atoms. The molecule has 2 heterocycles. The van der Waals surface area contributed by atoms with Crippen LogP contribution in [0, 0.1) is 0 Å². The first-order chi connectivity index (χ1) is 15.0. The van der Waals surface area contributed by atoms with Crippen LogP contribution in [0.15, 0.2) is 24.4 Å². The number of nitrogens with zero attached hydrogens (tertiary/aromatic N) is 4. The van der Waals surface area contributed by atoms with E-state index in [0.717, 1.165) is 22.3 Å². The minimum absolute atomic E-state index is 0.0611. The predicted octanol–water partition coefficient (Wildman–Crippen LogP) is 1.02. The highest BCUT2D eigenvalue weighted by molar-refractivity contribution is 9.09. The molecule has 1 atom stereocenters. The number of halogens is 1. The van der Waals surface area contributed by atoms with Gasteiger partial charge in [-0.05, 0) is 18.6 Å². The van der Waals surface area contributed by atoms with E-state index in [0.29, 0.717) is 25.1 Å². The number of aryl methyl sites for hydroxylation is 1. The van der Waals surface area contributed by atoms with E-state index in [-0.39, 0.29) is 24.0 Å². The number of aldehydes is 1.